The van der Waals surface area contributed by atoms with Crippen molar-refractivity contribution in [3.05, 3.63) is 45.4 Å². The summed E-state index contributed by atoms with van der Waals surface area (Å²) in [4.78, 5) is 12.3. The van der Waals surface area contributed by atoms with Crippen LogP contribution in [0.2, 0.25) is 5.02 Å². The highest BCUT2D eigenvalue weighted by Gasteiger charge is 2.16. The number of halogens is 4. The molecule has 0 bridgehead atoms. The number of ether oxygens (including phenoxy) is 4. The average Bonchev–Trinajstić information content (AvgIpc) is 2.67. The minimum Gasteiger partial charge on any atom is -0.493 e. The number of alkyl halides is 2. The van der Waals surface area contributed by atoms with Crippen molar-refractivity contribution < 1.29 is 32.5 Å². The van der Waals surface area contributed by atoms with Gasteiger partial charge in [0.1, 0.15) is 0 Å². The van der Waals surface area contributed by atoms with Crippen LogP contribution < -0.4 is 24.3 Å². The Morgan fingerprint density at radius 3 is 2.21 bits per heavy atom. The highest BCUT2D eigenvalue weighted by molar-refractivity contribution is 9.10. The Hall–Kier alpha value is -2.52. The number of carbonyl (C=O) groups excluding carboxylic acids is 1. The number of hydrogen-bond donors (Lipinski definition) is 1. The van der Waals surface area contributed by atoms with Gasteiger partial charge in [-0.05, 0) is 51.8 Å². The Morgan fingerprint density at radius 2 is 1.69 bits per heavy atom. The number of nitrogens with one attached hydrogen (secondary N) is 1. The molecule has 29 heavy (non-hydrogen) atoms. The first-order chi connectivity index (χ1) is 13.8. The third kappa shape index (κ3) is 5.98. The summed E-state index contributed by atoms with van der Waals surface area (Å²) in [5.41, 5.74) is 0.579. The van der Waals surface area contributed by atoms with Gasteiger partial charge in [-0.3, -0.25) is 4.79 Å². The van der Waals surface area contributed by atoms with Gasteiger partial charge in [-0.25, -0.2) is 0 Å². The van der Waals surface area contributed by atoms with Crippen molar-refractivity contribution >= 4 is 45.2 Å². The van der Waals surface area contributed by atoms with Crippen molar-refractivity contribution in [2.45, 2.75) is 6.61 Å². The van der Waals surface area contributed by atoms with Crippen molar-refractivity contribution in [1.29, 1.82) is 0 Å². The zero-order chi connectivity index (χ0) is 21.6. The second-order valence-electron chi connectivity index (χ2n) is 5.42. The molecule has 2 aromatic rings. The molecule has 156 valence electrons. The van der Waals surface area contributed by atoms with Crippen molar-refractivity contribution in [3.8, 4) is 23.0 Å². The molecular formula is C19H17BrClF2NO5. The molecule has 0 unspecified atom stereocenters. The third-order valence-electron chi connectivity index (χ3n) is 3.59. The van der Waals surface area contributed by atoms with Crippen LogP contribution in [0.25, 0.3) is 6.08 Å². The van der Waals surface area contributed by atoms with E-state index in [2.05, 4.69) is 26.0 Å². The highest BCUT2D eigenvalue weighted by Crippen LogP contribution is 2.39. The van der Waals surface area contributed by atoms with E-state index in [0.717, 1.165) is 0 Å². The van der Waals surface area contributed by atoms with E-state index in [4.69, 9.17) is 25.8 Å². The number of rotatable bonds is 8. The normalized spacial score (nSPS) is 10.9. The third-order valence-corrected chi connectivity index (χ3v) is 4.39. The maximum absolute atomic E-state index is 12.7. The van der Waals surface area contributed by atoms with E-state index in [1.54, 1.807) is 12.1 Å². The average molecular weight is 493 g/mol. The quantitative estimate of drug-likeness (QED) is 0.501. The van der Waals surface area contributed by atoms with E-state index in [-0.39, 0.29) is 20.9 Å². The van der Waals surface area contributed by atoms with Crippen molar-refractivity contribution in [2.24, 2.45) is 0 Å². The first-order valence-electron chi connectivity index (χ1n) is 8.02. The van der Waals surface area contributed by atoms with Gasteiger partial charge in [-0.2, -0.15) is 8.78 Å². The Balaban J connectivity index is 2.27. The van der Waals surface area contributed by atoms with Crippen molar-refractivity contribution in [3.63, 3.8) is 0 Å². The van der Waals surface area contributed by atoms with Crippen LogP contribution in [0.5, 0.6) is 23.0 Å². The SMILES string of the molecule is COc1cc(/C=C/C(=O)Nc2cc(Cl)cc(Br)c2OC(F)F)cc(OC)c1OC. The molecular weight excluding hydrogens is 476 g/mol. The van der Waals surface area contributed by atoms with Crippen LogP contribution in [0.4, 0.5) is 14.5 Å². The Kier molecular flexibility index (Phi) is 8.10. The number of carbonyl (C=O) groups is 1. The first-order valence-corrected chi connectivity index (χ1v) is 9.19. The van der Waals surface area contributed by atoms with Crippen LogP contribution in [0.3, 0.4) is 0 Å². The molecule has 0 aliphatic carbocycles. The summed E-state index contributed by atoms with van der Waals surface area (Å²) < 4.78 is 45.7. The lowest BCUT2D eigenvalue weighted by atomic mass is 10.1. The molecule has 0 saturated heterocycles. The lowest BCUT2D eigenvalue weighted by Crippen LogP contribution is -2.11. The molecule has 10 heteroatoms. The van der Waals surface area contributed by atoms with Gasteiger partial charge in [0.15, 0.2) is 17.2 Å². The maximum Gasteiger partial charge on any atom is 0.387 e. The van der Waals surface area contributed by atoms with Gasteiger partial charge >= 0.3 is 6.61 Å². The van der Waals surface area contributed by atoms with Crippen LogP contribution in [0.15, 0.2) is 34.8 Å². The van der Waals surface area contributed by atoms with E-state index >= 15 is 0 Å². The second kappa shape index (κ2) is 10.3. The van der Waals surface area contributed by atoms with Gasteiger partial charge in [0.25, 0.3) is 0 Å². The number of anilines is 1. The molecule has 6 nitrogen and oxygen atoms in total. The lowest BCUT2D eigenvalue weighted by Gasteiger charge is -2.14. The summed E-state index contributed by atoms with van der Waals surface area (Å²) in [7, 11) is 4.42. The molecule has 0 aliphatic heterocycles. The van der Waals surface area contributed by atoms with Gasteiger partial charge in [-0.15, -0.1) is 0 Å². The number of hydrogen-bond acceptors (Lipinski definition) is 5. The highest BCUT2D eigenvalue weighted by atomic mass is 79.9. The van der Waals surface area contributed by atoms with Crippen molar-refractivity contribution in [1.82, 2.24) is 0 Å². The van der Waals surface area contributed by atoms with E-state index in [1.165, 1.54) is 45.6 Å². The molecule has 0 aromatic heterocycles. The van der Waals surface area contributed by atoms with Crippen LogP contribution in [-0.4, -0.2) is 33.8 Å². The van der Waals surface area contributed by atoms with Crippen LogP contribution in [0, 0.1) is 0 Å². The number of methoxy groups -OCH3 is 3. The molecule has 0 radical (unpaired) electrons. The van der Waals surface area contributed by atoms with Crippen LogP contribution in [0.1, 0.15) is 5.56 Å². The van der Waals surface area contributed by atoms with E-state index in [0.29, 0.717) is 22.8 Å². The second-order valence-corrected chi connectivity index (χ2v) is 6.71. The summed E-state index contributed by atoms with van der Waals surface area (Å²) >= 11 is 9.01. The summed E-state index contributed by atoms with van der Waals surface area (Å²) in [6.07, 6.45) is 2.70. The van der Waals surface area contributed by atoms with Gasteiger partial charge in [0.05, 0.1) is 31.5 Å². The molecule has 2 aromatic carbocycles. The Labute approximate surface area is 179 Å². The van der Waals surface area contributed by atoms with E-state index in [1.807, 2.05) is 0 Å². The van der Waals surface area contributed by atoms with E-state index < -0.39 is 12.5 Å². The zero-order valence-electron chi connectivity index (χ0n) is 15.6. The maximum atomic E-state index is 12.7. The van der Waals surface area contributed by atoms with E-state index in [9.17, 15) is 13.6 Å². The predicted octanol–water partition coefficient (Wildman–Crippen LogP) is 5.38. The molecule has 1 N–H and O–H groups in total. The van der Waals surface area contributed by atoms with Gasteiger partial charge in [0, 0.05) is 11.1 Å². The smallest absolute Gasteiger partial charge is 0.387 e. The van der Waals surface area contributed by atoms with Gasteiger partial charge < -0.3 is 24.3 Å². The molecule has 0 fully saturated rings. The lowest BCUT2D eigenvalue weighted by molar-refractivity contribution is -0.111. The summed E-state index contributed by atoms with van der Waals surface area (Å²) in [6.45, 7) is -3.07. The predicted molar refractivity (Wildman–Crippen MR) is 110 cm³/mol. The Bertz CT molecular complexity index is 899. The molecule has 0 spiro atoms. The van der Waals surface area contributed by atoms with Gasteiger partial charge in [0.2, 0.25) is 11.7 Å². The van der Waals surface area contributed by atoms with Gasteiger partial charge in [-0.1, -0.05) is 11.6 Å². The number of benzene rings is 2. The Morgan fingerprint density at radius 1 is 1.07 bits per heavy atom. The minimum atomic E-state index is -3.07. The summed E-state index contributed by atoms with van der Waals surface area (Å²) in [5, 5.41) is 2.69. The fourth-order valence-electron chi connectivity index (χ4n) is 2.41. The molecule has 0 aliphatic rings. The summed E-state index contributed by atoms with van der Waals surface area (Å²) in [6, 6.07) is 5.97. The standard InChI is InChI=1S/C19H17BrClF2NO5/c1-26-14-6-10(7-15(27-2)18(14)28-3)4-5-16(25)24-13-9-11(21)8-12(20)17(13)29-19(22)23/h4-9,19H,1-3H3,(H,24,25)/b5-4+. The zero-order valence-corrected chi connectivity index (χ0v) is 17.9. The molecule has 1 amide bonds. The van der Waals surface area contributed by atoms with Crippen molar-refractivity contribution in [2.75, 3.05) is 26.6 Å². The minimum absolute atomic E-state index is 0.00998. The van der Waals surface area contributed by atoms with Crippen LogP contribution in [-0.2, 0) is 4.79 Å². The summed E-state index contributed by atoms with van der Waals surface area (Å²) in [5.74, 6) is 0.414. The first kappa shape index (κ1) is 22.8. The fourth-order valence-corrected chi connectivity index (χ4v) is 3.31. The van der Waals surface area contributed by atoms with Crippen LogP contribution >= 0.6 is 27.5 Å². The molecule has 0 atom stereocenters. The molecule has 2 rings (SSSR count). The topological polar surface area (TPSA) is 66.0 Å². The number of amides is 1. The monoisotopic (exact) mass is 491 g/mol. The molecule has 0 heterocycles. The fraction of sp³-hybridized carbons (Fsp3) is 0.211. The molecule has 0 saturated carbocycles. The largest absolute Gasteiger partial charge is 0.493 e.